The van der Waals surface area contributed by atoms with Crippen LogP contribution in [0.1, 0.15) is 46.6 Å². The molecule has 0 aromatic carbocycles. The molecule has 1 heterocycles. The van der Waals surface area contributed by atoms with Crippen molar-refractivity contribution >= 4 is 5.78 Å². The highest BCUT2D eigenvalue weighted by Gasteiger charge is 2.29. The molecule has 0 aliphatic carbocycles. The second-order valence-corrected chi connectivity index (χ2v) is 5.15. The summed E-state index contributed by atoms with van der Waals surface area (Å²) in [4.78, 5) is 16.2. The molecule has 1 aromatic heterocycles. The highest BCUT2D eigenvalue weighted by Crippen LogP contribution is 2.24. The van der Waals surface area contributed by atoms with Crippen LogP contribution in [-0.4, -0.2) is 20.5 Å². The van der Waals surface area contributed by atoms with E-state index in [1.54, 1.807) is 11.0 Å². The zero-order chi connectivity index (χ0) is 12.9. The van der Waals surface area contributed by atoms with Gasteiger partial charge >= 0.3 is 0 Å². The van der Waals surface area contributed by atoms with Crippen molar-refractivity contribution in [2.75, 3.05) is 0 Å². The Bertz CT molecular complexity index is 374. The van der Waals surface area contributed by atoms with E-state index in [2.05, 4.69) is 17.0 Å². The lowest BCUT2D eigenvalue weighted by Gasteiger charge is -2.22. The van der Waals surface area contributed by atoms with Gasteiger partial charge < -0.3 is 0 Å². The van der Waals surface area contributed by atoms with Gasteiger partial charge in [-0.2, -0.15) is 5.10 Å². The molecule has 0 saturated heterocycles. The summed E-state index contributed by atoms with van der Waals surface area (Å²) < 4.78 is 1.61. The van der Waals surface area contributed by atoms with E-state index in [0.29, 0.717) is 0 Å². The Morgan fingerprint density at radius 3 is 2.65 bits per heavy atom. The molecule has 1 atom stereocenters. The molecule has 0 N–H and O–H groups in total. The van der Waals surface area contributed by atoms with Crippen molar-refractivity contribution in [3.8, 4) is 0 Å². The molecule has 94 valence electrons. The molecule has 0 bridgehead atoms. The summed E-state index contributed by atoms with van der Waals surface area (Å²) in [5.74, 6) is 0.148. The lowest BCUT2D eigenvalue weighted by molar-refractivity contribution is -0.128. The Kier molecular flexibility index (Phi) is 4.61. The number of hydrogen-bond donors (Lipinski definition) is 0. The summed E-state index contributed by atoms with van der Waals surface area (Å²) in [5, 5.41) is 4.06. The van der Waals surface area contributed by atoms with E-state index in [0.717, 1.165) is 12.8 Å². The number of ketones is 1. The molecular weight excluding hydrogens is 214 g/mol. The number of allylic oxidation sites excluding steroid dienone is 2. The number of rotatable bonds is 5. The van der Waals surface area contributed by atoms with Crippen molar-refractivity contribution in [2.24, 2.45) is 5.41 Å². The van der Waals surface area contributed by atoms with Crippen molar-refractivity contribution < 1.29 is 4.79 Å². The first-order valence-corrected chi connectivity index (χ1v) is 6.02. The third-order valence-electron chi connectivity index (χ3n) is 2.50. The van der Waals surface area contributed by atoms with E-state index in [4.69, 9.17) is 0 Å². The number of hydrogen-bond acceptors (Lipinski definition) is 3. The predicted octanol–water partition coefficient (Wildman–Crippen LogP) is 2.79. The van der Waals surface area contributed by atoms with Crippen molar-refractivity contribution in [3.05, 3.63) is 24.8 Å². The molecule has 4 heteroatoms. The Hall–Kier alpha value is -1.45. The summed E-state index contributed by atoms with van der Waals surface area (Å²) in [7, 11) is 0. The fourth-order valence-electron chi connectivity index (χ4n) is 1.49. The summed E-state index contributed by atoms with van der Waals surface area (Å²) in [6.07, 6.45) is 9.05. The standard InChI is InChI=1S/C13H21N3O/c1-5-6-7-8-11(12(17)13(2,3)4)16-10-14-9-15-16/h7-11H,5-6H2,1-4H3. The lowest BCUT2D eigenvalue weighted by Crippen LogP contribution is -2.29. The summed E-state index contributed by atoms with van der Waals surface area (Å²) >= 11 is 0. The number of carbonyl (C=O) groups is 1. The monoisotopic (exact) mass is 235 g/mol. The minimum absolute atomic E-state index is 0.148. The summed E-state index contributed by atoms with van der Waals surface area (Å²) in [5.41, 5.74) is -0.382. The second kappa shape index (κ2) is 5.75. The van der Waals surface area contributed by atoms with E-state index in [9.17, 15) is 4.79 Å². The molecule has 0 saturated carbocycles. The number of carbonyl (C=O) groups excluding carboxylic acids is 1. The quantitative estimate of drug-likeness (QED) is 0.737. The molecule has 1 aromatic rings. The van der Waals surface area contributed by atoms with Crippen molar-refractivity contribution in [3.63, 3.8) is 0 Å². The van der Waals surface area contributed by atoms with E-state index in [-0.39, 0.29) is 17.2 Å². The third kappa shape index (κ3) is 3.80. The van der Waals surface area contributed by atoms with Crippen LogP contribution in [0, 0.1) is 5.41 Å². The van der Waals surface area contributed by atoms with Gasteiger partial charge in [-0.1, -0.05) is 46.3 Å². The summed E-state index contributed by atoms with van der Waals surface area (Å²) in [6.45, 7) is 7.88. The van der Waals surface area contributed by atoms with Crippen LogP contribution in [0.25, 0.3) is 0 Å². The maximum absolute atomic E-state index is 12.3. The van der Waals surface area contributed by atoms with Gasteiger partial charge in [0.1, 0.15) is 18.7 Å². The second-order valence-electron chi connectivity index (χ2n) is 5.15. The first-order chi connectivity index (χ1) is 7.96. The fraction of sp³-hybridized carbons (Fsp3) is 0.615. The molecule has 1 rings (SSSR count). The van der Waals surface area contributed by atoms with Crippen LogP contribution >= 0.6 is 0 Å². The topological polar surface area (TPSA) is 47.8 Å². The molecule has 4 nitrogen and oxygen atoms in total. The van der Waals surface area contributed by atoms with Gasteiger partial charge in [-0.15, -0.1) is 0 Å². The van der Waals surface area contributed by atoms with E-state index in [1.165, 1.54) is 6.33 Å². The van der Waals surface area contributed by atoms with Crippen LogP contribution < -0.4 is 0 Å². The fourth-order valence-corrected chi connectivity index (χ4v) is 1.49. The highest BCUT2D eigenvalue weighted by atomic mass is 16.1. The molecule has 17 heavy (non-hydrogen) atoms. The molecule has 0 spiro atoms. The van der Waals surface area contributed by atoms with Gasteiger partial charge in [-0.3, -0.25) is 4.79 Å². The minimum atomic E-state index is -0.382. The molecule has 0 aliphatic heterocycles. The van der Waals surface area contributed by atoms with Gasteiger partial charge in [0.15, 0.2) is 5.78 Å². The van der Waals surface area contributed by atoms with E-state index in [1.807, 2.05) is 32.9 Å². The number of unbranched alkanes of at least 4 members (excludes halogenated alkanes) is 1. The minimum Gasteiger partial charge on any atom is -0.296 e. The smallest absolute Gasteiger partial charge is 0.166 e. The van der Waals surface area contributed by atoms with Crippen molar-refractivity contribution in [1.29, 1.82) is 0 Å². The number of Topliss-reactive ketones (excluding diaryl/α,β-unsaturated/α-hetero) is 1. The zero-order valence-electron chi connectivity index (χ0n) is 11.1. The largest absolute Gasteiger partial charge is 0.296 e. The van der Waals surface area contributed by atoms with Gasteiger partial charge in [0.05, 0.1) is 0 Å². The SMILES string of the molecule is CCCC=CC(C(=O)C(C)(C)C)n1cncn1. The Balaban J connectivity index is 2.91. The van der Waals surface area contributed by atoms with Crippen molar-refractivity contribution in [2.45, 2.75) is 46.6 Å². The summed E-state index contributed by atoms with van der Waals surface area (Å²) in [6, 6.07) is -0.343. The van der Waals surface area contributed by atoms with Gasteiger partial charge in [0.25, 0.3) is 0 Å². The number of aromatic nitrogens is 3. The first-order valence-electron chi connectivity index (χ1n) is 6.02. The van der Waals surface area contributed by atoms with E-state index < -0.39 is 0 Å². The Morgan fingerprint density at radius 2 is 2.18 bits per heavy atom. The molecule has 0 aliphatic rings. The van der Waals surface area contributed by atoms with Gasteiger partial charge in [-0.25, -0.2) is 9.67 Å². The van der Waals surface area contributed by atoms with Gasteiger partial charge in [-0.05, 0) is 6.42 Å². The highest BCUT2D eigenvalue weighted by molar-refractivity contribution is 5.88. The zero-order valence-corrected chi connectivity index (χ0v) is 11.1. The maximum Gasteiger partial charge on any atom is 0.166 e. The average molecular weight is 235 g/mol. The van der Waals surface area contributed by atoms with Crippen LogP contribution in [0.2, 0.25) is 0 Å². The predicted molar refractivity (Wildman–Crippen MR) is 67.6 cm³/mol. The Labute approximate surface area is 103 Å². The molecule has 1 unspecified atom stereocenters. The van der Waals surface area contributed by atoms with Crippen LogP contribution in [0.15, 0.2) is 24.8 Å². The van der Waals surface area contributed by atoms with Crippen LogP contribution in [0.4, 0.5) is 0 Å². The molecule has 0 fully saturated rings. The molecule has 0 amide bonds. The number of nitrogens with zero attached hydrogens (tertiary/aromatic N) is 3. The van der Waals surface area contributed by atoms with Gasteiger partial charge in [0, 0.05) is 5.41 Å². The van der Waals surface area contributed by atoms with Crippen LogP contribution in [-0.2, 0) is 4.79 Å². The van der Waals surface area contributed by atoms with Gasteiger partial charge in [0.2, 0.25) is 0 Å². The third-order valence-corrected chi connectivity index (χ3v) is 2.50. The van der Waals surface area contributed by atoms with Crippen LogP contribution in [0.3, 0.4) is 0 Å². The average Bonchev–Trinajstić information content (AvgIpc) is 2.75. The Morgan fingerprint density at radius 1 is 1.47 bits per heavy atom. The first kappa shape index (κ1) is 13.6. The maximum atomic E-state index is 12.3. The van der Waals surface area contributed by atoms with E-state index >= 15 is 0 Å². The normalized spacial score (nSPS) is 14.1. The lowest BCUT2D eigenvalue weighted by atomic mass is 9.86. The molecular formula is C13H21N3O. The van der Waals surface area contributed by atoms with Crippen LogP contribution in [0.5, 0.6) is 0 Å². The van der Waals surface area contributed by atoms with Crippen molar-refractivity contribution in [1.82, 2.24) is 14.8 Å². The molecule has 0 radical (unpaired) electrons.